The molecule has 0 saturated heterocycles. The van der Waals surface area contributed by atoms with E-state index in [1.165, 1.54) is 88.6 Å². The van der Waals surface area contributed by atoms with Crippen molar-refractivity contribution >= 4 is 38.9 Å². The number of para-hydroxylation sites is 2. The molecule has 0 unspecified atom stereocenters. The SMILES string of the molecule is c1ccc(-c2ccc(-c3ccc(N(c4ccc(-c5cccc(-n6c7ccccc7c7ccccc76)c5)cc4)c4ccc(-c5ccccc5-c5ccccc5-c5ccccc5-c5ccccc5)cc4)cc3)cc2)cc1. The Morgan fingerprint density at radius 2 is 0.500 bits per heavy atom. The molecule has 0 aliphatic rings. The Hall–Kier alpha value is -9.76. The Bertz CT molecular complexity index is 4020. The minimum absolute atomic E-state index is 1.07. The molecular formula is C72H50N2. The maximum Gasteiger partial charge on any atom is 0.0541 e. The van der Waals surface area contributed by atoms with Crippen LogP contribution in [0.15, 0.2) is 303 Å². The molecule has 74 heavy (non-hydrogen) atoms. The largest absolute Gasteiger partial charge is 0.311 e. The molecule has 348 valence electrons. The fraction of sp³-hybridized carbons (Fsp3) is 0. The van der Waals surface area contributed by atoms with Crippen LogP contribution < -0.4 is 4.90 Å². The first kappa shape index (κ1) is 44.2. The first-order valence-corrected chi connectivity index (χ1v) is 25.4. The monoisotopic (exact) mass is 942 g/mol. The minimum atomic E-state index is 1.07. The Balaban J connectivity index is 0.863. The van der Waals surface area contributed by atoms with Crippen molar-refractivity contribution in [3.63, 3.8) is 0 Å². The molecule has 0 N–H and O–H groups in total. The summed E-state index contributed by atoms with van der Waals surface area (Å²) < 4.78 is 2.39. The van der Waals surface area contributed by atoms with E-state index >= 15 is 0 Å². The molecule has 0 aliphatic carbocycles. The molecule has 0 amide bonds. The average molecular weight is 943 g/mol. The summed E-state index contributed by atoms with van der Waals surface area (Å²) in [6.07, 6.45) is 0. The van der Waals surface area contributed by atoms with Crippen molar-refractivity contribution in [1.82, 2.24) is 4.57 Å². The van der Waals surface area contributed by atoms with Gasteiger partial charge >= 0.3 is 0 Å². The highest BCUT2D eigenvalue weighted by atomic mass is 15.1. The topological polar surface area (TPSA) is 8.17 Å². The predicted octanol–water partition coefficient (Wildman–Crippen LogP) is 19.9. The quantitative estimate of drug-likeness (QED) is 0.125. The second-order valence-corrected chi connectivity index (χ2v) is 18.8. The van der Waals surface area contributed by atoms with Crippen LogP contribution in [0.1, 0.15) is 0 Å². The molecule has 0 spiro atoms. The van der Waals surface area contributed by atoms with E-state index < -0.39 is 0 Å². The van der Waals surface area contributed by atoms with Gasteiger partial charge in [-0.3, -0.25) is 0 Å². The molecule has 0 aliphatic heterocycles. The maximum atomic E-state index is 2.39. The normalized spacial score (nSPS) is 11.2. The molecule has 12 aromatic carbocycles. The van der Waals surface area contributed by atoms with Gasteiger partial charge in [0, 0.05) is 33.5 Å². The van der Waals surface area contributed by atoms with E-state index in [9.17, 15) is 0 Å². The Morgan fingerprint density at radius 1 is 0.203 bits per heavy atom. The fourth-order valence-electron chi connectivity index (χ4n) is 10.9. The molecule has 0 saturated carbocycles. The van der Waals surface area contributed by atoms with Crippen LogP contribution in [0, 0.1) is 0 Å². The Kier molecular flexibility index (Phi) is 11.6. The summed E-state index contributed by atoms with van der Waals surface area (Å²) in [5.41, 5.74) is 23.5. The van der Waals surface area contributed by atoms with Gasteiger partial charge in [0.15, 0.2) is 0 Å². The lowest BCUT2D eigenvalue weighted by atomic mass is 9.87. The van der Waals surface area contributed by atoms with E-state index in [2.05, 4.69) is 313 Å². The van der Waals surface area contributed by atoms with Gasteiger partial charge in [0.1, 0.15) is 0 Å². The zero-order chi connectivity index (χ0) is 49.2. The van der Waals surface area contributed by atoms with E-state index in [0.29, 0.717) is 0 Å². The molecule has 1 heterocycles. The zero-order valence-corrected chi connectivity index (χ0v) is 40.8. The number of nitrogens with zero attached hydrogens (tertiary/aromatic N) is 2. The first-order valence-electron chi connectivity index (χ1n) is 25.4. The van der Waals surface area contributed by atoms with Crippen molar-refractivity contribution in [1.29, 1.82) is 0 Å². The van der Waals surface area contributed by atoms with Crippen LogP contribution in [0.5, 0.6) is 0 Å². The van der Waals surface area contributed by atoms with Crippen molar-refractivity contribution < 1.29 is 0 Å². The molecule has 0 atom stereocenters. The number of aromatic nitrogens is 1. The van der Waals surface area contributed by atoms with Crippen LogP contribution in [-0.4, -0.2) is 4.57 Å². The van der Waals surface area contributed by atoms with Gasteiger partial charge in [-0.2, -0.15) is 0 Å². The van der Waals surface area contributed by atoms with E-state index in [1.807, 2.05) is 0 Å². The van der Waals surface area contributed by atoms with Crippen molar-refractivity contribution in [3.8, 4) is 83.6 Å². The molecule has 13 aromatic rings. The van der Waals surface area contributed by atoms with E-state index in [4.69, 9.17) is 0 Å². The van der Waals surface area contributed by atoms with Crippen molar-refractivity contribution in [2.45, 2.75) is 0 Å². The first-order chi connectivity index (χ1) is 36.7. The summed E-state index contributed by atoms with van der Waals surface area (Å²) in [6.45, 7) is 0. The molecule has 0 fully saturated rings. The molecule has 2 nitrogen and oxygen atoms in total. The third kappa shape index (κ3) is 8.35. The second-order valence-electron chi connectivity index (χ2n) is 18.8. The van der Waals surface area contributed by atoms with Gasteiger partial charge in [-0.1, -0.05) is 243 Å². The molecule has 1 aromatic heterocycles. The number of fused-ring (bicyclic) bond motifs is 3. The number of hydrogen-bond acceptors (Lipinski definition) is 1. The summed E-state index contributed by atoms with van der Waals surface area (Å²) in [6, 6.07) is 110. The van der Waals surface area contributed by atoms with Crippen molar-refractivity contribution in [2.24, 2.45) is 0 Å². The van der Waals surface area contributed by atoms with Crippen molar-refractivity contribution in [3.05, 3.63) is 303 Å². The highest BCUT2D eigenvalue weighted by molar-refractivity contribution is 6.09. The standard InChI is InChI=1S/C72H50N2/c1-3-18-51(19-4-1)52-34-36-53(37-35-52)54-38-44-59(45-39-54)73(60-46-40-55(41-47-60)58-22-17-23-62(50-58)74-71-32-15-13-30-69(71)70-31-14-16-33-72(70)74)61-48-42-57(43-49-61)64-25-8-10-27-66(64)68-29-12-11-28-67(68)65-26-9-7-24-63(65)56-20-5-2-6-21-56/h1-50H. The van der Waals surface area contributed by atoms with Gasteiger partial charge in [-0.25, -0.2) is 0 Å². The number of rotatable bonds is 11. The highest BCUT2D eigenvalue weighted by Gasteiger charge is 2.18. The van der Waals surface area contributed by atoms with E-state index in [-0.39, 0.29) is 0 Å². The summed E-state index contributed by atoms with van der Waals surface area (Å²) in [5, 5.41) is 2.52. The average Bonchev–Trinajstić information content (AvgIpc) is 3.83. The Labute approximate surface area is 433 Å². The predicted molar refractivity (Wildman–Crippen MR) is 314 cm³/mol. The lowest BCUT2D eigenvalue weighted by molar-refractivity contribution is 1.18. The summed E-state index contributed by atoms with van der Waals surface area (Å²) in [5.74, 6) is 0. The zero-order valence-electron chi connectivity index (χ0n) is 40.8. The van der Waals surface area contributed by atoms with Gasteiger partial charge in [0.25, 0.3) is 0 Å². The third-order valence-corrected chi connectivity index (χ3v) is 14.5. The summed E-state index contributed by atoms with van der Waals surface area (Å²) in [7, 11) is 0. The number of hydrogen-bond donors (Lipinski definition) is 0. The summed E-state index contributed by atoms with van der Waals surface area (Å²) in [4.78, 5) is 2.37. The lowest BCUT2D eigenvalue weighted by Gasteiger charge is -2.26. The molecular weight excluding hydrogens is 893 g/mol. The van der Waals surface area contributed by atoms with Crippen LogP contribution in [0.2, 0.25) is 0 Å². The van der Waals surface area contributed by atoms with Crippen LogP contribution >= 0.6 is 0 Å². The highest BCUT2D eigenvalue weighted by Crippen LogP contribution is 2.43. The number of anilines is 3. The van der Waals surface area contributed by atoms with Gasteiger partial charge in [-0.15, -0.1) is 0 Å². The van der Waals surface area contributed by atoms with Gasteiger partial charge in [-0.05, 0) is 139 Å². The second kappa shape index (κ2) is 19.4. The molecule has 2 heteroatoms. The summed E-state index contributed by atoms with van der Waals surface area (Å²) >= 11 is 0. The Morgan fingerprint density at radius 3 is 0.959 bits per heavy atom. The van der Waals surface area contributed by atoms with Crippen LogP contribution in [0.4, 0.5) is 17.1 Å². The minimum Gasteiger partial charge on any atom is -0.311 e. The molecule has 0 bridgehead atoms. The fourth-order valence-corrected chi connectivity index (χ4v) is 10.9. The van der Waals surface area contributed by atoms with Gasteiger partial charge in [0.05, 0.1) is 11.0 Å². The van der Waals surface area contributed by atoms with Gasteiger partial charge < -0.3 is 9.47 Å². The smallest absolute Gasteiger partial charge is 0.0541 e. The van der Waals surface area contributed by atoms with Crippen LogP contribution in [0.25, 0.3) is 105 Å². The van der Waals surface area contributed by atoms with Crippen molar-refractivity contribution in [2.75, 3.05) is 4.90 Å². The van der Waals surface area contributed by atoms with E-state index in [1.54, 1.807) is 0 Å². The van der Waals surface area contributed by atoms with E-state index in [0.717, 1.165) is 33.9 Å². The molecule has 13 rings (SSSR count). The lowest BCUT2D eigenvalue weighted by Crippen LogP contribution is -2.09. The molecule has 0 radical (unpaired) electrons. The third-order valence-electron chi connectivity index (χ3n) is 14.5. The van der Waals surface area contributed by atoms with Gasteiger partial charge in [0.2, 0.25) is 0 Å². The van der Waals surface area contributed by atoms with Crippen LogP contribution in [-0.2, 0) is 0 Å². The maximum absolute atomic E-state index is 2.39. The van der Waals surface area contributed by atoms with Crippen LogP contribution in [0.3, 0.4) is 0 Å². The number of benzene rings is 12.